The first-order chi connectivity index (χ1) is 6.34. The van der Waals surface area contributed by atoms with Gasteiger partial charge in [0.25, 0.3) is 0 Å². The van der Waals surface area contributed by atoms with E-state index in [1.165, 1.54) is 12.8 Å². The van der Waals surface area contributed by atoms with Crippen LogP contribution in [0.5, 0.6) is 0 Å². The van der Waals surface area contributed by atoms with E-state index in [1.54, 1.807) is 6.42 Å². The normalized spacial score (nSPS) is 66.4. The van der Waals surface area contributed by atoms with Gasteiger partial charge in [0.05, 0.1) is 0 Å². The first kappa shape index (κ1) is 7.50. The maximum absolute atomic E-state index is 3.88. The Morgan fingerprint density at radius 2 is 1.69 bits per heavy atom. The fraction of sp³-hybridized carbons (Fsp3) is 0.833. The molecule has 7 atom stereocenters. The Hall–Kier alpha value is 0.220. The number of halogens is 1. The molecular weight excluding hydrogens is 224 g/mol. The van der Waals surface area contributed by atoms with Crippen LogP contribution in [-0.2, 0) is 0 Å². The van der Waals surface area contributed by atoms with Gasteiger partial charge in [-0.3, -0.25) is 0 Å². The zero-order chi connectivity index (χ0) is 8.58. The molecule has 7 unspecified atom stereocenters. The Labute approximate surface area is 87.9 Å². The van der Waals surface area contributed by atoms with Crippen molar-refractivity contribution in [3.05, 3.63) is 12.2 Å². The lowest BCUT2D eigenvalue weighted by Gasteiger charge is -2.34. The molecule has 0 aromatic carbocycles. The minimum absolute atomic E-state index is 0.867. The van der Waals surface area contributed by atoms with Crippen LogP contribution in [0.3, 0.4) is 0 Å². The van der Waals surface area contributed by atoms with E-state index in [9.17, 15) is 0 Å². The number of allylic oxidation sites excluding steroid dienone is 2. The Morgan fingerprint density at radius 1 is 0.923 bits per heavy atom. The predicted molar refractivity (Wildman–Crippen MR) is 56.6 cm³/mol. The monoisotopic (exact) mass is 238 g/mol. The molecule has 0 heterocycles. The van der Waals surface area contributed by atoms with E-state index in [4.69, 9.17) is 0 Å². The summed E-state index contributed by atoms with van der Waals surface area (Å²) < 4.78 is 0. The van der Waals surface area contributed by atoms with E-state index < -0.39 is 0 Å². The summed E-state index contributed by atoms with van der Waals surface area (Å²) >= 11 is 3.88. The van der Waals surface area contributed by atoms with E-state index in [2.05, 4.69) is 28.1 Å². The molecule has 4 aliphatic rings. The first-order valence-electron chi connectivity index (χ1n) is 5.67. The number of rotatable bonds is 0. The third-order valence-electron chi connectivity index (χ3n) is 5.19. The Morgan fingerprint density at radius 3 is 2.54 bits per heavy atom. The summed E-state index contributed by atoms with van der Waals surface area (Å²) in [7, 11) is 0. The summed E-state index contributed by atoms with van der Waals surface area (Å²) in [6.45, 7) is 0. The molecular formula is C12H15Br. The molecule has 0 aromatic heterocycles. The van der Waals surface area contributed by atoms with E-state index in [0.717, 1.165) is 40.3 Å². The quantitative estimate of drug-likeness (QED) is 0.346. The third kappa shape index (κ3) is 0.751. The maximum Gasteiger partial charge on any atom is 0.0179 e. The SMILES string of the molecule is BrC1CC2CC1C1C3C=CC(C3)C21. The average molecular weight is 239 g/mol. The highest BCUT2D eigenvalue weighted by Crippen LogP contribution is 2.66. The van der Waals surface area contributed by atoms with Gasteiger partial charge in [0, 0.05) is 4.83 Å². The molecule has 3 saturated carbocycles. The molecule has 3 fully saturated rings. The number of fused-ring (bicyclic) bond motifs is 9. The van der Waals surface area contributed by atoms with E-state index >= 15 is 0 Å². The average Bonchev–Trinajstić information content (AvgIpc) is 2.78. The molecule has 0 saturated heterocycles. The van der Waals surface area contributed by atoms with Crippen LogP contribution in [0.15, 0.2) is 12.2 Å². The smallest absolute Gasteiger partial charge is 0.0179 e. The molecule has 0 spiro atoms. The highest BCUT2D eigenvalue weighted by atomic mass is 79.9. The second-order valence-electron chi connectivity index (χ2n) is 5.51. The maximum atomic E-state index is 3.88. The lowest BCUT2D eigenvalue weighted by molar-refractivity contribution is 0.213. The van der Waals surface area contributed by atoms with Gasteiger partial charge in [-0.25, -0.2) is 0 Å². The van der Waals surface area contributed by atoms with Gasteiger partial charge in [-0.2, -0.15) is 0 Å². The lowest BCUT2D eigenvalue weighted by Crippen LogP contribution is -2.31. The summed E-state index contributed by atoms with van der Waals surface area (Å²) in [5, 5.41) is 0. The van der Waals surface area contributed by atoms with Crippen molar-refractivity contribution in [1.29, 1.82) is 0 Å². The largest absolute Gasteiger partial charge is 0.0887 e. The Balaban J connectivity index is 1.79. The van der Waals surface area contributed by atoms with Crippen molar-refractivity contribution in [1.82, 2.24) is 0 Å². The van der Waals surface area contributed by atoms with E-state index in [1.807, 2.05) is 0 Å². The van der Waals surface area contributed by atoms with Crippen LogP contribution in [0.2, 0.25) is 0 Å². The molecule has 1 heteroatoms. The van der Waals surface area contributed by atoms with Crippen molar-refractivity contribution < 1.29 is 0 Å². The summed E-state index contributed by atoms with van der Waals surface area (Å²) in [5.41, 5.74) is 0. The van der Waals surface area contributed by atoms with Gasteiger partial charge in [-0.15, -0.1) is 0 Å². The van der Waals surface area contributed by atoms with Crippen molar-refractivity contribution in [3.8, 4) is 0 Å². The molecule has 4 rings (SSSR count). The highest BCUT2D eigenvalue weighted by molar-refractivity contribution is 9.09. The van der Waals surface area contributed by atoms with Gasteiger partial charge in [0.2, 0.25) is 0 Å². The second-order valence-corrected chi connectivity index (χ2v) is 6.69. The van der Waals surface area contributed by atoms with Crippen molar-refractivity contribution >= 4 is 15.9 Å². The van der Waals surface area contributed by atoms with Crippen LogP contribution in [0.25, 0.3) is 0 Å². The summed E-state index contributed by atoms with van der Waals surface area (Å²) in [6.07, 6.45) is 9.56. The molecule has 4 bridgehead atoms. The molecule has 0 N–H and O–H groups in total. The van der Waals surface area contributed by atoms with Crippen LogP contribution >= 0.6 is 15.9 Å². The van der Waals surface area contributed by atoms with Crippen molar-refractivity contribution in [2.45, 2.75) is 24.1 Å². The molecule has 70 valence electrons. The highest BCUT2D eigenvalue weighted by Gasteiger charge is 2.60. The van der Waals surface area contributed by atoms with Gasteiger partial charge in [-0.1, -0.05) is 28.1 Å². The zero-order valence-corrected chi connectivity index (χ0v) is 9.28. The van der Waals surface area contributed by atoms with Crippen LogP contribution in [-0.4, -0.2) is 4.83 Å². The summed E-state index contributed by atoms with van der Waals surface area (Å²) in [6, 6.07) is 0. The van der Waals surface area contributed by atoms with Crippen LogP contribution < -0.4 is 0 Å². The fourth-order valence-electron chi connectivity index (χ4n) is 4.94. The zero-order valence-electron chi connectivity index (χ0n) is 7.70. The Bertz CT molecular complexity index is 283. The topological polar surface area (TPSA) is 0 Å². The van der Waals surface area contributed by atoms with Gasteiger partial charge in [-0.05, 0) is 54.8 Å². The Kier molecular flexibility index (Phi) is 1.29. The van der Waals surface area contributed by atoms with Crippen molar-refractivity contribution in [3.63, 3.8) is 0 Å². The molecule has 0 nitrogen and oxygen atoms in total. The van der Waals surface area contributed by atoms with Crippen LogP contribution in [0.4, 0.5) is 0 Å². The van der Waals surface area contributed by atoms with Gasteiger partial charge < -0.3 is 0 Å². The number of hydrogen-bond donors (Lipinski definition) is 0. The van der Waals surface area contributed by atoms with Crippen LogP contribution in [0, 0.1) is 35.5 Å². The van der Waals surface area contributed by atoms with Crippen molar-refractivity contribution in [2.75, 3.05) is 0 Å². The fourth-order valence-corrected chi connectivity index (χ4v) is 5.98. The molecule has 4 aliphatic carbocycles. The summed E-state index contributed by atoms with van der Waals surface area (Å²) in [5.74, 6) is 6.27. The van der Waals surface area contributed by atoms with Crippen molar-refractivity contribution in [2.24, 2.45) is 35.5 Å². The van der Waals surface area contributed by atoms with Gasteiger partial charge in [0.15, 0.2) is 0 Å². The number of hydrogen-bond acceptors (Lipinski definition) is 0. The third-order valence-corrected chi connectivity index (χ3v) is 6.24. The first-order valence-corrected chi connectivity index (χ1v) is 6.58. The van der Waals surface area contributed by atoms with E-state index in [0.29, 0.717) is 0 Å². The molecule has 0 aliphatic heterocycles. The molecule has 13 heavy (non-hydrogen) atoms. The molecule has 0 radical (unpaired) electrons. The standard InChI is InChI=1S/C12H15Br/c13-10-5-8-4-9(10)12-7-2-1-6(3-7)11(8)12/h1-2,6-12H,3-5H2. The summed E-state index contributed by atoms with van der Waals surface area (Å²) in [4.78, 5) is 0.867. The number of alkyl halides is 1. The molecule has 0 aromatic rings. The van der Waals surface area contributed by atoms with Gasteiger partial charge >= 0.3 is 0 Å². The van der Waals surface area contributed by atoms with Crippen LogP contribution in [0.1, 0.15) is 19.3 Å². The molecule has 0 amide bonds. The minimum Gasteiger partial charge on any atom is -0.0887 e. The second kappa shape index (κ2) is 2.24. The van der Waals surface area contributed by atoms with E-state index in [-0.39, 0.29) is 0 Å². The lowest BCUT2D eigenvalue weighted by atomic mass is 9.73. The minimum atomic E-state index is 0.867. The van der Waals surface area contributed by atoms with Gasteiger partial charge in [0.1, 0.15) is 0 Å². The predicted octanol–water partition coefficient (Wildman–Crippen LogP) is 3.23.